The molecule has 0 aliphatic heterocycles. The fourth-order valence-corrected chi connectivity index (χ4v) is 0.283. The minimum Gasteiger partial charge on any atom is -0.395 e. The molecule has 6 heteroatoms. The number of hydrogen-bond acceptors (Lipinski definition) is 4. The summed E-state index contributed by atoms with van der Waals surface area (Å²) < 4.78 is 0.194. The predicted molar refractivity (Wildman–Crippen MR) is 52.8 cm³/mol. The molecule has 0 rings (SSSR count). The average molecular weight is 198 g/mol. The summed E-state index contributed by atoms with van der Waals surface area (Å²) in [6.07, 6.45) is 0. The lowest BCUT2D eigenvalue weighted by Gasteiger charge is -1.94. The fraction of sp³-hybridized carbons (Fsp3) is 0.800. The van der Waals surface area contributed by atoms with E-state index in [1.54, 1.807) is 0 Å². The summed E-state index contributed by atoms with van der Waals surface area (Å²) >= 11 is 7.65. The van der Waals surface area contributed by atoms with Gasteiger partial charge in [-0.1, -0.05) is 12.2 Å². The molecule has 5 N–H and O–H groups in total. The highest BCUT2D eigenvalue weighted by atomic mass is 32.1. The van der Waals surface area contributed by atoms with E-state index in [1.165, 1.54) is 0 Å². The Morgan fingerprint density at radius 2 is 1.64 bits per heavy atom. The highest BCUT2D eigenvalue weighted by Crippen LogP contribution is 1.63. The molecule has 0 aliphatic rings. The number of nitrogens with two attached hydrogens (primary N) is 1. The first-order valence-corrected chi connectivity index (χ1v) is 3.91. The number of hydrogen-bond donors (Lipinski definition) is 5. The van der Waals surface area contributed by atoms with Crippen LogP contribution in [-0.2, 0) is 0 Å². The molecule has 0 amide bonds. The third-order valence-corrected chi connectivity index (χ3v) is 0.577. The molecule has 0 aromatic rings. The first-order valence-electron chi connectivity index (χ1n) is 3.06. The summed E-state index contributed by atoms with van der Waals surface area (Å²) in [5.41, 5.74) is 4.71. The van der Waals surface area contributed by atoms with E-state index in [0.717, 1.165) is 0 Å². The molecule has 0 fully saturated rings. The van der Waals surface area contributed by atoms with Crippen LogP contribution in [0.4, 0.5) is 0 Å². The lowest BCUT2D eigenvalue weighted by atomic mass is 10.6. The quantitative estimate of drug-likeness (QED) is 0.221. The maximum absolute atomic E-state index is 8.15. The molecule has 0 radical (unpaired) electrons. The molecule has 0 aromatic heterocycles. The van der Waals surface area contributed by atoms with Crippen molar-refractivity contribution in [2.75, 3.05) is 26.3 Å². The van der Waals surface area contributed by atoms with Crippen molar-refractivity contribution in [3.05, 3.63) is 0 Å². The first kappa shape index (κ1) is 13.7. The summed E-state index contributed by atoms with van der Waals surface area (Å²) in [4.78, 5) is 0. The summed E-state index contributed by atoms with van der Waals surface area (Å²) in [5.74, 6) is 0. The number of rotatable bonds is 4. The summed E-state index contributed by atoms with van der Waals surface area (Å²) in [7, 11) is 0. The van der Waals surface area contributed by atoms with E-state index in [2.05, 4.69) is 30.2 Å². The van der Waals surface area contributed by atoms with Crippen LogP contribution >= 0.6 is 24.8 Å². The Kier molecular flexibility index (Phi) is 15.9. The van der Waals surface area contributed by atoms with E-state index in [1.807, 2.05) is 0 Å². The fourth-order valence-electron chi connectivity index (χ4n) is 0.283. The maximum Gasteiger partial charge on any atom is 0.128 e. The van der Waals surface area contributed by atoms with Crippen LogP contribution in [0.3, 0.4) is 0 Å². The van der Waals surface area contributed by atoms with E-state index in [0.29, 0.717) is 13.1 Å². The molecule has 0 atom stereocenters. The van der Waals surface area contributed by atoms with Gasteiger partial charge < -0.3 is 21.3 Å². The molecule has 0 saturated carbocycles. The molecule has 0 unspecified atom stereocenters. The molecule has 11 heavy (non-hydrogen) atoms. The Morgan fingerprint density at radius 1 is 1.36 bits per heavy atom. The van der Waals surface area contributed by atoms with Crippen LogP contribution in [-0.4, -0.2) is 40.8 Å². The van der Waals surface area contributed by atoms with Gasteiger partial charge in [0, 0.05) is 13.1 Å². The Labute approximate surface area is 77.2 Å². The van der Waals surface area contributed by atoms with Gasteiger partial charge in [0.15, 0.2) is 0 Å². The number of nitrogens with one attached hydrogen (secondary N) is 1. The van der Waals surface area contributed by atoms with Crippen molar-refractivity contribution in [2.45, 2.75) is 0 Å². The molecule has 68 valence electrons. The van der Waals surface area contributed by atoms with Gasteiger partial charge in [-0.25, -0.2) is 0 Å². The molecule has 0 aliphatic carbocycles. The topological polar surface area (TPSA) is 78.5 Å². The van der Waals surface area contributed by atoms with E-state index < -0.39 is 0 Å². The third-order valence-electron chi connectivity index (χ3n) is 0.577. The monoisotopic (exact) mass is 198 g/mol. The van der Waals surface area contributed by atoms with Gasteiger partial charge in [-0.05, 0) is 0 Å². The van der Waals surface area contributed by atoms with Gasteiger partial charge in [0.05, 0.1) is 13.2 Å². The van der Waals surface area contributed by atoms with Crippen LogP contribution < -0.4 is 11.1 Å². The molecule has 0 saturated heterocycles. The second kappa shape index (κ2) is 12.8. The van der Waals surface area contributed by atoms with Crippen LogP contribution in [0.2, 0.25) is 0 Å². The number of thiocarbonyl (C=S) groups is 1. The van der Waals surface area contributed by atoms with Gasteiger partial charge in [-0.3, -0.25) is 0 Å². The SMILES string of the molecule is NC(=S)S.OCCNCCO. The standard InChI is InChI=1S/C4H11NO2.CH3NS2/c6-3-1-5-2-4-7;2-1(3)4/h5-7H,1-4H2;(H3,2,3,4). The Morgan fingerprint density at radius 3 is 1.82 bits per heavy atom. The Bertz CT molecular complexity index is 84.6. The Hall–Kier alpha value is 0.120. The molecule has 0 spiro atoms. The second-order valence-corrected chi connectivity index (χ2v) is 2.76. The molecule has 0 bridgehead atoms. The van der Waals surface area contributed by atoms with Crippen molar-refractivity contribution in [1.82, 2.24) is 5.32 Å². The molecule has 0 heterocycles. The lowest BCUT2D eigenvalue weighted by molar-refractivity contribution is 0.267. The van der Waals surface area contributed by atoms with Crippen LogP contribution in [0.5, 0.6) is 0 Å². The zero-order valence-electron chi connectivity index (χ0n) is 6.16. The maximum atomic E-state index is 8.15. The van der Waals surface area contributed by atoms with Crippen molar-refractivity contribution >= 4 is 29.2 Å². The van der Waals surface area contributed by atoms with Crippen LogP contribution in [0.15, 0.2) is 0 Å². The van der Waals surface area contributed by atoms with E-state index >= 15 is 0 Å². The van der Waals surface area contributed by atoms with Gasteiger partial charge in [-0.2, -0.15) is 0 Å². The van der Waals surface area contributed by atoms with Crippen LogP contribution in [0.1, 0.15) is 0 Å². The van der Waals surface area contributed by atoms with E-state index in [9.17, 15) is 0 Å². The molecule has 0 aromatic carbocycles. The predicted octanol–water partition coefficient (Wildman–Crippen LogP) is -1.28. The Balaban J connectivity index is 0. The highest BCUT2D eigenvalue weighted by molar-refractivity contribution is 8.10. The van der Waals surface area contributed by atoms with E-state index in [-0.39, 0.29) is 17.5 Å². The number of aliphatic hydroxyl groups excluding tert-OH is 2. The van der Waals surface area contributed by atoms with Gasteiger partial charge in [-0.15, -0.1) is 12.6 Å². The summed E-state index contributed by atoms with van der Waals surface area (Å²) in [6.45, 7) is 1.42. The lowest BCUT2D eigenvalue weighted by Crippen LogP contribution is -2.21. The molecular formula is C5H14N2O2S2. The summed E-state index contributed by atoms with van der Waals surface area (Å²) in [5, 5.41) is 19.1. The zero-order valence-corrected chi connectivity index (χ0v) is 7.87. The molecule has 4 nitrogen and oxygen atoms in total. The third kappa shape index (κ3) is 39.3. The minimum absolute atomic E-state index is 0.139. The van der Waals surface area contributed by atoms with Crippen LogP contribution in [0.25, 0.3) is 0 Å². The largest absolute Gasteiger partial charge is 0.395 e. The zero-order chi connectivity index (χ0) is 9.11. The molecular weight excluding hydrogens is 184 g/mol. The van der Waals surface area contributed by atoms with Crippen LogP contribution in [0, 0.1) is 0 Å². The minimum atomic E-state index is 0.139. The van der Waals surface area contributed by atoms with Crippen molar-refractivity contribution in [3.8, 4) is 0 Å². The number of aliphatic hydroxyl groups is 2. The average Bonchev–Trinajstić information content (AvgIpc) is 1.88. The normalized spacial score (nSPS) is 8.27. The second-order valence-electron chi connectivity index (χ2n) is 1.54. The van der Waals surface area contributed by atoms with Gasteiger partial charge in [0.1, 0.15) is 4.32 Å². The van der Waals surface area contributed by atoms with E-state index in [4.69, 9.17) is 15.9 Å². The number of thiol groups is 1. The summed E-state index contributed by atoms with van der Waals surface area (Å²) in [6, 6.07) is 0. The first-order chi connectivity index (χ1) is 5.15. The van der Waals surface area contributed by atoms with Crippen molar-refractivity contribution in [2.24, 2.45) is 5.73 Å². The highest BCUT2D eigenvalue weighted by Gasteiger charge is 1.78. The van der Waals surface area contributed by atoms with Gasteiger partial charge in [0.25, 0.3) is 0 Å². The van der Waals surface area contributed by atoms with Gasteiger partial charge >= 0.3 is 0 Å². The van der Waals surface area contributed by atoms with Crippen molar-refractivity contribution in [3.63, 3.8) is 0 Å². The van der Waals surface area contributed by atoms with Crippen molar-refractivity contribution in [1.29, 1.82) is 0 Å². The van der Waals surface area contributed by atoms with Crippen molar-refractivity contribution < 1.29 is 10.2 Å². The smallest absolute Gasteiger partial charge is 0.128 e. The van der Waals surface area contributed by atoms with Gasteiger partial charge in [0.2, 0.25) is 0 Å².